The van der Waals surface area contributed by atoms with Gasteiger partial charge in [-0.15, -0.1) is 11.8 Å². The number of amides is 15. The van der Waals surface area contributed by atoms with E-state index in [2.05, 4.69) is 52.8 Å². The van der Waals surface area contributed by atoms with Crippen molar-refractivity contribution >= 4 is 128 Å². The van der Waals surface area contributed by atoms with Crippen LogP contribution in [-0.4, -0.2) is 272 Å². The molecule has 1 aliphatic rings. The maximum atomic E-state index is 15.7. The number of nitrogens with one attached hydrogen (secondary N) is 10. The number of unbranched alkanes of at least 4 members (excludes halogenated alkanes) is 1. The molecule has 7 aromatic carbocycles. The first kappa shape index (κ1) is 103. The van der Waals surface area contributed by atoms with Crippen LogP contribution in [0.2, 0.25) is 0 Å². The van der Waals surface area contributed by atoms with Gasteiger partial charge in [-0.3, -0.25) is 76.7 Å². The number of nitrogens with zero attached hydrogens (tertiary/aromatic N) is 5. The Bertz CT molecular complexity index is 5450. The molecule has 1 aliphatic heterocycles. The Morgan fingerprint density at radius 3 is 1.52 bits per heavy atom. The number of phenols is 2. The number of hydrogen-bond donors (Lipinski definition) is 14. The summed E-state index contributed by atoms with van der Waals surface area (Å²) in [5.41, 5.74) is 9.13. The molecular weight excluding hydrogens is 1730 g/mol. The van der Waals surface area contributed by atoms with Gasteiger partial charge in [0, 0.05) is 96.6 Å². The molecule has 0 aliphatic carbocycles. The van der Waals surface area contributed by atoms with Crippen LogP contribution in [0, 0.1) is 11.8 Å². The van der Waals surface area contributed by atoms with Crippen LogP contribution in [0.15, 0.2) is 182 Å². The molecule has 11 atom stereocenters. The van der Waals surface area contributed by atoms with E-state index in [-0.39, 0.29) is 68.8 Å². The molecule has 1 fully saturated rings. The number of nitrogens with two attached hydrogens (primary N) is 1. The van der Waals surface area contributed by atoms with Crippen LogP contribution in [0.25, 0.3) is 21.7 Å². The van der Waals surface area contributed by atoms with Crippen molar-refractivity contribution < 1.29 is 92.0 Å². The number of likely N-dealkylation sites (N-methyl/N-ethyl adjacent to an activating group) is 5. The molecular formula is C97H120N16O19S. The van der Waals surface area contributed by atoms with E-state index < -0.39 is 205 Å². The second kappa shape index (κ2) is 49.2. The number of benzene rings is 7. The molecule has 9 rings (SSSR count). The molecule has 0 spiro atoms. The first-order valence-corrected chi connectivity index (χ1v) is 45.2. The average Bonchev–Trinajstić information content (AvgIpc) is 1.65. The number of primary amides is 1. The molecule has 0 radical (unpaired) electrons. The minimum Gasteiger partial charge on any atom is -0.508 e. The number of H-pyrrole nitrogens is 1. The first-order valence-electron chi connectivity index (χ1n) is 44.1. The lowest BCUT2D eigenvalue weighted by Gasteiger charge is -2.37. The number of thioether (sulfide) groups is 1. The van der Waals surface area contributed by atoms with Gasteiger partial charge in [0.2, 0.25) is 88.6 Å². The zero-order chi connectivity index (χ0) is 96.9. The Morgan fingerprint density at radius 1 is 0.459 bits per heavy atom. The summed E-state index contributed by atoms with van der Waals surface area (Å²) in [5.74, 6) is -17.5. The zero-order valence-electron chi connectivity index (χ0n) is 76.2. The molecule has 0 unspecified atom stereocenters. The summed E-state index contributed by atoms with van der Waals surface area (Å²) >= 11 is 0.831. The summed E-state index contributed by atoms with van der Waals surface area (Å²) in [6.45, 7) is 6.17. The molecule has 15 amide bonds. The van der Waals surface area contributed by atoms with E-state index in [4.69, 9.17) is 5.73 Å². The van der Waals surface area contributed by atoms with Gasteiger partial charge in [0.15, 0.2) is 0 Å². The Labute approximate surface area is 776 Å². The standard InChI is InChI=1S/C97H120N16O19S/c1-11-12-31-78-95(130)110(7)54-83(118)102-74(50-85(120)121)91(126)108-86(58(4)5)97(132)112(9)79(47-59-23-15-13-16-24-59)92(127)106-75(45-62-35-40-68(115)41-36-62)93(128)109(6)53-82(117)101-73(49-66-51-99-70-30-22-21-29-69(66)70)90(125)105-72(44-61-33-38-67(114)39-34-61)89(124)104-71(42-57(2)3)88(123)107-77(87(122)100-52-81(98)116)55-133-56-84(119)103-76(46-63-32-37-64-27-19-20-28-65(64)43-63)94(129)113(10)80(96(131)111(78)8)48-60-25-17-14-18-26-60/h13-30,32-41,43,51,57-58,71-80,86,99,114-115H,11-12,31,42,44-50,52-56H2,1-10H3,(H2,98,116)(H,100,122)(H,101,117)(H,102,118)(H,103,119)(H,104,124)(H,105,125)(H,106,127)(H,107,123)(H,108,126)(H,120,121)/t71-,72+,73-,74-,75-,76-,77-,78-,79+,80-,86-/m0/s1. The highest BCUT2D eigenvalue weighted by atomic mass is 32.2. The predicted octanol–water partition coefficient (Wildman–Crippen LogP) is 3.48. The van der Waals surface area contributed by atoms with Gasteiger partial charge in [-0.05, 0) is 99.2 Å². The third kappa shape index (κ3) is 30.2. The van der Waals surface area contributed by atoms with Crippen LogP contribution in [0.4, 0.5) is 0 Å². The van der Waals surface area contributed by atoms with Crippen LogP contribution in [0.3, 0.4) is 0 Å². The number of para-hydroxylation sites is 1. The Kier molecular flexibility index (Phi) is 37.9. The summed E-state index contributed by atoms with van der Waals surface area (Å²) in [5, 5.41) is 57.4. The minimum absolute atomic E-state index is 0.0239. The molecule has 1 aromatic heterocycles. The summed E-state index contributed by atoms with van der Waals surface area (Å²) in [7, 11) is 6.56. The summed E-state index contributed by atoms with van der Waals surface area (Å²) in [6, 6.07) is 31.5. The number of aliphatic carboxylic acids is 1. The molecule has 708 valence electrons. The van der Waals surface area contributed by atoms with Gasteiger partial charge in [0.1, 0.15) is 78.0 Å². The molecule has 15 N–H and O–H groups in total. The first-order chi connectivity index (χ1) is 63.3. The minimum atomic E-state index is -1.91. The van der Waals surface area contributed by atoms with Crippen LogP contribution in [0.1, 0.15) is 100 Å². The van der Waals surface area contributed by atoms with E-state index >= 15 is 43.2 Å². The highest BCUT2D eigenvalue weighted by Gasteiger charge is 2.42. The fourth-order valence-corrected chi connectivity index (χ4v) is 16.6. The SMILES string of the molecule is CCCC[C@H]1C(=O)N(C)CC(=O)N[C@@H](CC(=O)O)C(=O)N[C@@H](C(C)C)C(=O)N(C)[C@H](Cc2ccccc2)C(=O)N[C@@H](Cc2ccc(O)cc2)C(=O)N(C)CC(=O)N[C@@H](Cc2c[nH]c3ccccc23)C(=O)N[C@H](Cc2ccc(O)cc2)C(=O)N[C@@H](CC(C)C)C(=O)N[C@H](C(=O)NCC(N)=O)CSCC(=O)N[C@@H](Cc2ccc3ccccc3c2)C(=O)N(C)[C@@H](Cc2ccccc2)C(=O)N1C. The van der Waals surface area contributed by atoms with E-state index in [9.17, 15) is 48.9 Å². The van der Waals surface area contributed by atoms with Crippen molar-refractivity contribution in [2.24, 2.45) is 17.6 Å². The third-order valence-electron chi connectivity index (χ3n) is 23.0. The van der Waals surface area contributed by atoms with Gasteiger partial charge in [-0.1, -0.05) is 193 Å². The summed E-state index contributed by atoms with van der Waals surface area (Å²) in [4.78, 5) is 245. The van der Waals surface area contributed by atoms with Gasteiger partial charge in [-0.2, -0.15) is 0 Å². The molecule has 36 heteroatoms. The number of carboxylic acid groups (broad SMARTS) is 1. The lowest BCUT2D eigenvalue weighted by molar-refractivity contribution is -0.151. The van der Waals surface area contributed by atoms with E-state index in [1.54, 1.807) is 125 Å². The van der Waals surface area contributed by atoms with Crippen molar-refractivity contribution in [1.82, 2.24) is 77.3 Å². The number of hydrogen-bond acceptors (Lipinski definition) is 19. The van der Waals surface area contributed by atoms with Crippen molar-refractivity contribution in [3.63, 3.8) is 0 Å². The van der Waals surface area contributed by atoms with E-state index in [1.165, 1.54) is 93.6 Å². The smallest absolute Gasteiger partial charge is 0.305 e. The van der Waals surface area contributed by atoms with Gasteiger partial charge in [0.05, 0.1) is 31.8 Å². The second-order valence-corrected chi connectivity index (χ2v) is 35.3. The van der Waals surface area contributed by atoms with Gasteiger partial charge in [-0.25, -0.2) is 0 Å². The summed E-state index contributed by atoms with van der Waals surface area (Å²) < 4.78 is 0. The quantitative estimate of drug-likeness (QED) is 0.0436. The Hall–Kier alpha value is -14.2. The largest absolute Gasteiger partial charge is 0.508 e. The molecule has 133 heavy (non-hydrogen) atoms. The van der Waals surface area contributed by atoms with Crippen molar-refractivity contribution in [2.45, 2.75) is 172 Å². The molecule has 0 bridgehead atoms. The molecule has 35 nitrogen and oxygen atoms in total. The number of aromatic hydroxyl groups is 2. The Balaban J connectivity index is 1.12. The highest BCUT2D eigenvalue weighted by molar-refractivity contribution is 8.00. The number of aromatic nitrogens is 1. The number of carbonyl (C=O) groups is 16. The van der Waals surface area contributed by atoms with Crippen molar-refractivity contribution in [2.75, 3.05) is 66.4 Å². The van der Waals surface area contributed by atoms with Crippen LogP contribution in [0.5, 0.6) is 11.5 Å². The number of aromatic amines is 1. The zero-order valence-corrected chi connectivity index (χ0v) is 77.1. The van der Waals surface area contributed by atoms with Gasteiger partial charge >= 0.3 is 5.97 Å². The molecule has 8 aromatic rings. The number of phenolic OH excluding ortho intramolecular Hbond substituents is 2. The molecule has 0 saturated carbocycles. The van der Waals surface area contributed by atoms with Crippen molar-refractivity contribution in [1.29, 1.82) is 0 Å². The highest BCUT2D eigenvalue weighted by Crippen LogP contribution is 2.26. The predicted molar refractivity (Wildman–Crippen MR) is 500 cm³/mol. The normalized spacial score (nSPS) is 21.6. The number of carbonyl (C=O) groups excluding carboxylic acids is 15. The van der Waals surface area contributed by atoms with Crippen LogP contribution >= 0.6 is 11.8 Å². The third-order valence-corrected chi connectivity index (χ3v) is 24.1. The Morgan fingerprint density at radius 2 is 0.932 bits per heavy atom. The van der Waals surface area contributed by atoms with E-state index in [0.717, 1.165) is 37.2 Å². The monoisotopic (exact) mass is 1840 g/mol. The second-order valence-electron chi connectivity index (χ2n) is 34.3. The summed E-state index contributed by atoms with van der Waals surface area (Å²) in [6.07, 6.45) is 0.0286. The van der Waals surface area contributed by atoms with Crippen molar-refractivity contribution in [3.8, 4) is 11.5 Å². The lowest BCUT2D eigenvalue weighted by atomic mass is 9.98. The van der Waals surface area contributed by atoms with Crippen molar-refractivity contribution in [3.05, 3.63) is 216 Å². The van der Waals surface area contributed by atoms with Crippen LogP contribution < -0.4 is 53.6 Å². The maximum absolute atomic E-state index is 15.7. The van der Waals surface area contributed by atoms with Crippen LogP contribution in [-0.2, 0) is 115 Å². The topological polar surface area (TPSA) is 500 Å². The van der Waals surface area contributed by atoms with E-state index in [0.29, 0.717) is 57.1 Å². The fraction of sp³-hybridized carbons (Fsp3) is 0.402. The maximum Gasteiger partial charge on any atom is 0.305 e. The lowest BCUT2D eigenvalue weighted by Crippen LogP contribution is -2.61. The van der Waals surface area contributed by atoms with E-state index in [1.807, 2.05) is 43.3 Å². The fourth-order valence-electron chi connectivity index (χ4n) is 15.7. The van der Waals surface area contributed by atoms with Gasteiger partial charge in [0.25, 0.3) is 0 Å². The number of carboxylic acids is 1. The molecule has 1 saturated heterocycles. The average molecular weight is 1850 g/mol. The number of fused-ring (bicyclic) bond motifs is 2. The van der Waals surface area contributed by atoms with Gasteiger partial charge < -0.3 is 98.4 Å². The molecule has 2 heterocycles. The number of rotatable bonds is 23.